The predicted molar refractivity (Wildman–Crippen MR) is 144 cm³/mol. The fraction of sp³-hybridized carbons (Fsp3) is 0.571. The van der Waals surface area contributed by atoms with E-state index in [1.54, 1.807) is 11.4 Å². The monoisotopic (exact) mass is 530 g/mol. The minimum absolute atomic E-state index is 0.0996. The van der Waals surface area contributed by atoms with Crippen molar-refractivity contribution in [2.24, 2.45) is 0 Å². The Morgan fingerprint density at radius 1 is 1.03 bits per heavy atom. The third-order valence-electron chi connectivity index (χ3n) is 8.64. The SMILES string of the molecule is COCC1[C@@H](c2ccc(-c3ccc(F)c(C)c3C)cc2)[C@@H]2CN(S(=O)(=O)C3NCCN3C)CCCCN12. The summed E-state index contributed by atoms with van der Waals surface area (Å²) in [5, 5.41) is 3.17. The molecular formula is C28H39FN4O3S. The van der Waals surface area contributed by atoms with Gasteiger partial charge in [0.1, 0.15) is 5.82 Å². The molecule has 0 amide bonds. The lowest BCUT2D eigenvalue weighted by Gasteiger charge is -2.57. The highest BCUT2D eigenvalue weighted by Crippen LogP contribution is 2.43. The van der Waals surface area contributed by atoms with E-state index in [1.165, 1.54) is 11.6 Å². The van der Waals surface area contributed by atoms with Gasteiger partial charge in [-0.1, -0.05) is 30.3 Å². The maximum Gasteiger partial charge on any atom is 0.244 e. The number of halogens is 1. The van der Waals surface area contributed by atoms with Gasteiger partial charge in [-0.3, -0.25) is 15.1 Å². The lowest BCUT2D eigenvalue weighted by molar-refractivity contribution is -0.0636. The van der Waals surface area contributed by atoms with Crippen LogP contribution < -0.4 is 5.32 Å². The van der Waals surface area contributed by atoms with Crippen molar-refractivity contribution in [1.29, 1.82) is 0 Å². The lowest BCUT2D eigenvalue weighted by atomic mass is 9.74. The lowest BCUT2D eigenvalue weighted by Crippen LogP contribution is -2.68. The van der Waals surface area contributed by atoms with Crippen molar-refractivity contribution in [3.63, 3.8) is 0 Å². The highest BCUT2D eigenvalue weighted by atomic mass is 32.2. The van der Waals surface area contributed by atoms with Gasteiger partial charge >= 0.3 is 0 Å². The third kappa shape index (κ3) is 4.86. The molecule has 0 aromatic heterocycles. The van der Waals surface area contributed by atoms with Crippen LogP contribution in [0.1, 0.15) is 35.4 Å². The summed E-state index contributed by atoms with van der Waals surface area (Å²) in [6.07, 6.45) is 1.82. The second-order valence-corrected chi connectivity index (χ2v) is 12.7. The molecule has 3 heterocycles. The summed E-state index contributed by atoms with van der Waals surface area (Å²) in [5.41, 5.74) is 4.25. The van der Waals surface area contributed by atoms with Gasteiger partial charge in [-0.05, 0) is 74.2 Å². The van der Waals surface area contributed by atoms with Crippen LogP contribution in [0.2, 0.25) is 0 Å². The fourth-order valence-corrected chi connectivity index (χ4v) is 8.30. The smallest absolute Gasteiger partial charge is 0.244 e. The van der Waals surface area contributed by atoms with Crippen LogP contribution in [0.4, 0.5) is 4.39 Å². The Kier molecular flexibility index (Phi) is 7.73. The number of methoxy groups -OCH3 is 1. The average Bonchev–Trinajstić information content (AvgIpc) is 3.31. The molecule has 0 radical (unpaired) electrons. The topological polar surface area (TPSA) is 65.1 Å². The number of fused-ring (bicyclic) bond motifs is 1. The second kappa shape index (κ2) is 10.7. The number of rotatable bonds is 6. The van der Waals surface area contributed by atoms with Gasteiger partial charge in [0.25, 0.3) is 0 Å². The van der Waals surface area contributed by atoms with E-state index in [1.807, 2.05) is 31.9 Å². The van der Waals surface area contributed by atoms with E-state index < -0.39 is 15.5 Å². The van der Waals surface area contributed by atoms with Crippen molar-refractivity contribution in [1.82, 2.24) is 19.4 Å². The number of ether oxygens (including phenoxy) is 1. The van der Waals surface area contributed by atoms with Crippen molar-refractivity contribution in [3.05, 3.63) is 58.9 Å². The summed E-state index contributed by atoms with van der Waals surface area (Å²) < 4.78 is 48.6. The number of nitrogens with one attached hydrogen (secondary N) is 1. The Bertz CT molecular complexity index is 1220. The summed E-state index contributed by atoms with van der Waals surface area (Å²) in [6.45, 7) is 7.79. The molecule has 0 aliphatic carbocycles. The highest BCUT2D eigenvalue weighted by molar-refractivity contribution is 7.89. The first-order valence-electron chi connectivity index (χ1n) is 13.3. The largest absolute Gasteiger partial charge is 0.383 e. The summed E-state index contributed by atoms with van der Waals surface area (Å²) in [4.78, 5) is 4.33. The summed E-state index contributed by atoms with van der Waals surface area (Å²) in [6, 6.07) is 12.2. The molecule has 4 atom stereocenters. The van der Waals surface area contributed by atoms with Crippen LogP contribution in [0.25, 0.3) is 11.1 Å². The maximum absolute atomic E-state index is 14.0. The standard InChI is InChI=1S/C28H39FN4O3S/c1-19-20(2)24(29)12-11-23(19)21-7-9-22(10-8-21)27-25-17-32(37(34,35)28-30-13-16-31(28)3)14-5-6-15-33(25)26(27)18-36-4/h7-12,25-28,30H,5-6,13-18H2,1-4H3/t25-,26?,27-,28?/m0/s1. The zero-order valence-corrected chi connectivity index (χ0v) is 23.1. The van der Waals surface area contributed by atoms with Gasteiger partial charge in [-0.15, -0.1) is 0 Å². The number of sulfonamides is 1. The summed E-state index contributed by atoms with van der Waals surface area (Å²) >= 11 is 0. The fourth-order valence-electron chi connectivity index (χ4n) is 6.39. The molecular weight excluding hydrogens is 491 g/mol. The number of hydrogen-bond donors (Lipinski definition) is 1. The Morgan fingerprint density at radius 2 is 1.76 bits per heavy atom. The van der Waals surface area contributed by atoms with Crippen LogP contribution in [-0.2, 0) is 14.8 Å². The molecule has 0 saturated carbocycles. The molecule has 1 N–H and O–H groups in total. The van der Waals surface area contributed by atoms with Crippen LogP contribution >= 0.6 is 0 Å². The van der Waals surface area contributed by atoms with Gasteiger partial charge in [0.05, 0.1) is 6.61 Å². The van der Waals surface area contributed by atoms with Crippen molar-refractivity contribution < 1.29 is 17.5 Å². The Morgan fingerprint density at radius 3 is 2.43 bits per heavy atom. The molecule has 3 fully saturated rings. The van der Waals surface area contributed by atoms with E-state index in [2.05, 4.69) is 34.5 Å². The molecule has 7 nitrogen and oxygen atoms in total. The maximum atomic E-state index is 14.0. The number of nitrogens with zero attached hydrogens (tertiary/aromatic N) is 3. The number of likely N-dealkylation sites (N-methyl/N-ethyl adjacent to an activating group) is 1. The zero-order valence-electron chi connectivity index (χ0n) is 22.3. The van der Waals surface area contributed by atoms with Gasteiger partial charge in [0, 0.05) is 51.3 Å². The molecule has 3 aliphatic rings. The zero-order chi connectivity index (χ0) is 26.3. The molecule has 9 heteroatoms. The van der Waals surface area contributed by atoms with E-state index in [0.717, 1.165) is 42.6 Å². The first kappa shape index (κ1) is 26.7. The summed E-state index contributed by atoms with van der Waals surface area (Å²) in [5.74, 6) is -0.00672. The molecule has 2 unspecified atom stereocenters. The minimum Gasteiger partial charge on any atom is -0.383 e. The molecule has 202 valence electrons. The van der Waals surface area contributed by atoms with E-state index in [-0.39, 0.29) is 23.8 Å². The normalized spacial score (nSPS) is 27.9. The Hall–Kier alpha value is -1.88. The second-order valence-electron chi connectivity index (χ2n) is 10.7. The third-order valence-corrected chi connectivity index (χ3v) is 10.8. The molecule has 2 aromatic rings. The summed E-state index contributed by atoms with van der Waals surface area (Å²) in [7, 11) is 0.0941. The van der Waals surface area contributed by atoms with Crippen LogP contribution in [0, 0.1) is 19.7 Å². The molecule has 37 heavy (non-hydrogen) atoms. The van der Waals surface area contributed by atoms with Crippen LogP contribution in [0.5, 0.6) is 0 Å². The predicted octanol–water partition coefficient (Wildman–Crippen LogP) is 3.14. The Labute approximate surface area is 220 Å². The first-order chi connectivity index (χ1) is 17.7. The van der Waals surface area contributed by atoms with E-state index in [4.69, 9.17) is 4.74 Å². The van der Waals surface area contributed by atoms with Gasteiger partial charge in [-0.25, -0.2) is 12.8 Å². The number of hydrogen-bond acceptors (Lipinski definition) is 6. The van der Waals surface area contributed by atoms with Crippen molar-refractivity contribution >= 4 is 10.0 Å². The molecule has 2 aromatic carbocycles. The minimum atomic E-state index is -3.50. The number of benzene rings is 2. The molecule has 3 aliphatic heterocycles. The highest BCUT2D eigenvalue weighted by Gasteiger charge is 2.51. The molecule has 0 spiro atoms. The quantitative estimate of drug-likeness (QED) is 0.619. The van der Waals surface area contributed by atoms with Gasteiger partial charge < -0.3 is 4.74 Å². The van der Waals surface area contributed by atoms with E-state index in [9.17, 15) is 12.8 Å². The van der Waals surface area contributed by atoms with Crippen LogP contribution in [0.3, 0.4) is 0 Å². The van der Waals surface area contributed by atoms with Crippen LogP contribution in [-0.4, -0.2) is 93.6 Å². The average molecular weight is 531 g/mol. The van der Waals surface area contributed by atoms with Crippen molar-refractivity contribution in [3.8, 4) is 11.1 Å². The van der Waals surface area contributed by atoms with Crippen molar-refractivity contribution in [2.75, 3.05) is 53.5 Å². The Balaban J connectivity index is 1.43. The van der Waals surface area contributed by atoms with Gasteiger partial charge in [0.15, 0.2) is 5.50 Å². The molecule has 0 bridgehead atoms. The van der Waals surface area contributed by atoms with Crippen molar-refractivity contribution in [2.45, 2.75) is 50.2 Å². The van der Waals surface area contributed by atoms with E-state index >= 15 is 0 Å². The van der Waals surface area contributed by atoms with E-state index in [0.29, 0.717) is 31.8 Å². The van der Waals surface area contributed by atoms with Crippen LogP contribution in [0.15, 0.2) is 36.4 Å². The first-order valence-corrected chi connectivity index (χ1v) is 14.8. The molecule has 3 saturated heterocycles. The van der Waals surface area contributed by atoms with Gasteiger partial charge in [0.2, 0.25) is 10.0 Å². The van der Waals surface area contributed by atoms with Gasteiger partial charge in [-0.2, -0.15) is 4.31 Å². The molecule has 5 rings (SSSR count).